The van der Waals surface area contributed by atoms with Gasteiger partial charge in [0.15, 0.2) is 17.3 Å². The first-order valence-electron chi connectivity index (χ1n) is 6.15. The maximum Gasteiger partial charge on any atom is 0.161 e. The van der Waals surface area contributed by atoms with Crippen LogP contribution in [0.25, 0.3) is 11.4 Å². The van der Waals surface area contributed by atoms with Crippen molar-refractivity contribution >= 4 is 21.7 Å². The molecule has 2 rings (SSSR count). The third kappa shape index (κ3) is 2.70. The zero-order valence-corrected chi connectivity index (χ0v) is 13.2. The van der Waals surface area contributed by atoms with Crippen LogP contribution in [0.1, 0.15) is 12.6 Å². The zero-order valence-electron chi connectivity index (χ0n) is 11.6. The van der Waals surface area contributed by atoms with E-state index in [1.54, 1.807) is 14.2 Å². The predicted octanol–water partition coefficient (Wildman–Crippen LogP) is 3.07. The first kappa shape index (κ1) is 14.6. The lowest BCUT2D eigenvalue weighted by atomic mass is 10.1. The minimum atomic E-state index is 0.432. The van der Waals surface area contributed by atoms with Gasteiger partial charge in [-0.15, -0.1) is 0 Å². The van der Waals surface area contributed by atoms with Gasteiger partial charge in [-0.25, -0.2) is 9.97 Å². The fourth-order valence-electron chi connectivity index (χ4n) is 1.85. The molecule has 5 nitrogen and oxygen atoms in total. The summed E-state index contributed by atoms with van der Waals surface area (Å²) >= 11 is 3.40. The topological polar surface area (TPSA) is 70.3 Å². The van der Waals surface area contributed by atoms with Crippen LogP contribution in [0.5, 0.6) is 11.5 Å². The van der Waals surface area contributed by atoms with Crippen LogP contribution in [0.3, 0.4) is 0 Å². The molecule has 106 valence electrons. The van der Waals surface area contributed by atoms with Gasteiger partial charge in [-0.1, -0.05) is 6.92 Å². The van der Waals surface area contributed by atoms with Gasteiger partial charge in [0, 0.05) is 5.56 Å². The molecule has 0 saturated carbocycles. The Morgan fingerprint density at radius 3 is 2.45 bits per heavy atom. The maximum absolute atomic E-state index is 5.91. The van der Waals surface area contributed by atoms with Gasteiger partial charge in [0.2, 0.25) is 0 Å². The molecular formula is C14H16BrN3O2. The largest absolute Gasteiger partial charge is 0.493 e. The Labute approximate surface area is 126 Å². The molecule has 0 radical (unpaired) electrons. The third-order valence-corrected chi connectivity index (χ3v) is 3.79. The molecule has 20 heavy (non-hydrogen) atoms. The van der Waals surface area contributed by atoms with Gasteiger partial charge in [-0.3, -0.25) is 0 Å². The number of halogens is 1. The zero-order chi connectivity index (χ0) is 14.7. The number of anilines is 1. The fraction of sp³-hybridized carbons (Fsp3) is 0.286. The Morgan fingerprint density at radius 2 is 1.85 bits per heavy atom. The Bertz CT molecular complexity index is 632. The number of nitrogen functional groups attached to an aromatic ring is 1. The second-order valence-electron chi connectivity index (χ2n) is 4.12. The van der Waals surface area contributed by atoms with Crippen LogP contribution in [0.15, 0.2) is 22.7 Å². The highest BCUT2D eigenvalue weighted by molar-refractivity contribution is 9.10. The lowest BCUT2D eigenvalue weighted by Gasteiger charge is -2.11. The lowest BCUT2D eigenvalue weighted by Crippen LogP contribution is -2.02. The molecule has 1 aromatic carbocycles. The monoisotopic (exact) mass is 337 g/mol. The molecule has 1 aromatic heterocycles. The number of ether oxygens (including phenoxy) is 2. The molecule has 2 aromatic rings. The van der Waals surface area contributed by atoms with Crippen molar-refractivity contribution in [1.82, 2.24) is 9.97 Å². The SMILES string of the molecule is CCc1nc(-c2ccc(OC)c(OC)c2)nc(N)c1Br. The normalized spacial score (nSPS) is 10.4. The van der Waals surface area contributed by atoms with Gasteiger partial charge in [0.1, 0.15) is 5.82 Å². The summed E-state index contributed by atoms with van der Waals surface area (Å²) < 4.78 is 11.3. The van der Waals surface area contributed by atoms with Crippen molar-refractivity contribution < 1.29 is 9.47 Å². The number of aryl methyl sites for hydroxylation is 1. The smallest absolute Gasteiger partial charge is 0.161 e. The van der Waals surface area contributed by atoms with Crippen molar-refractivity contribution in [2.45, 2.75) is 13.3 Å². The lowest BCUT2D eigenvalue weighted by molar-refractivity contribution is 0.355. The fourth-order valence-corrected chi connectivity index (χ4v) is 2.31. The Morgan fingerprint density at radius 1 is 1.15 bits per heavy atom. The van der Waals surface area contributed by atoms with Crippen molar-refractivity contribution in [3.05, 3.63) is 28.4 Å². The first-order chi connectivity index (χ1) is 9.60. The second-order valence-corrected chi connectivity index (χ2v) is 4.91. The molecule has 0 spiro atoms. The Kier molecular flexibility index (Phi) is 4.44. The molecule has 0 fully saturated rings. The van der Waals surface area contributed by atoms with Crippen LogP contribution >= 0.6 is 15.9 Å². The average Bonchev–Trinajstić information content (AvgIpc) is 2.49. The van der Waals surface area contributed by atoms with E-state index in [0.29, 0.717) is 23.1 Å². The van der Waals surface area contributed by atoms with Crippen LogP contribution in [-0.4, -0.2) is 24.2 Å². The van der Waals surface area contributed by atoms with Crippen LogP contribution in [0.4, 0.5) is 5.82 Å². The highest BCUT2D eigenvalue weighted by atomic mass is 79.9. The summed E-state index contributed by atoms with van der Waals surface area (Å²) in [5, 5.41) is 0. The third-order valence-electron chi connectivity index (χ3n) is 2.92. The van der Waals surface area contributed by atoms with Crippen LogP contribution in [0, 0.1) is 0 Å². The van der Waals surface area contributed by atoms with E-state index in [1.807, 2.05) is 25.1 Å². The van der Waals surface area contributed by atoms with Crippen molar-refractivity contribution in [3.63, 3.8) is 0 Å². The molecule has 0 bridgehead atoms. The van der Waals surface area contributed by atoms with Crippen molar-refractivity contribution in [2.24, 2.45) is 0 Å². The molecule has 0 amide bonds. The van der Waals surface area contributed by atoms with Gasteiger partial charge in [-0.05, 0) is 40.5 Å². The summed E-state index contributed by atoms with van der Waals surface area (Å²) in [6, 6.07) is 5.53. The van der Waals surface area contributed by atoms with E-state index in [9.17, 15) is 0 Å². The quantitative estimate of drug-likeness (QED) is 0.928. The van der Waals surface area contributed by atoms with E-state index in [1.165, 1.54) is 0 Å². The molecule has 0 aliphatic rings. The number of nitrogens with zero attached hydrogens (tertiary/aromatic N) is 2. The Hall–Kier alpha value is -1.82. The minimum absolute atomic E-state index is 0.432. The first-order valence-corrected chi connectivity index (χ1v) is 6.94. The van der Waals surface area contributed by atoms with Gasteiger partial charge < -0.3 is 15.2 Å². The van der Waals surface area contributed by atoms with E-state index >= 15 is 0 Å². The standard InChI is InChI=1S/C14H16BrN3O2/c1-4-9-12(15)13(16)18-14(17-9)8-5-6-10(19-2)11(7-8)20-3/h5-7H,4H2,1-3H3,(H2,16,17,18). The molecule has 6 heteroatoms. The number of methoxy groups -OCH3 is 2. The molecule has 0 saturated heterocycles. The van der Waals surface area contributed by atoms with Crippen LogP contribution in [-0.2, 0) is 6.42 Å². The van der Waals surface area contributed by atoms with Gasteiger partial charge in [0.25, 0.3) is 0 Å². The molecule has 1 heterocycles. The van der Waals surface area contributed by atoms with E-state index < -0.39 is 0 Å². The second kappa shape index (κ2) is 6.09. The summed E-state index contributed by atoms with van der Waals surface area (Å²) in [6.45, 7) is 2.02. The number of hydrogen-bond donors (Lipinski definition) is 1. The molecular weight excluding hydrogens is 322 g/mol. The summed E-state index contributed by atoms with van der Waals surface area (Å²) in [5.41, 5.74) is 7.61. The number of benzene rings is 1. The molecule has 2 N–H and O–H groups in total. The molecule has 0 aliphatic heterocycles. The minimum Gasteiger partial charge on any atom is -0.493 e. The number of nitrogens with two attached hydrogens (primary N) is 1. The van der Waals surface area contributed by atoms with Gasteiger partial charge in [-0.2, -0.15) is 0 Å². The molecule has 0 aliphatic carbocycles. The average molecular weight is 338 g/mol. The summed E-state index contributed by atoms with van der Waals surface area (Å²) in [5.74, 6) is 2.30. The van der Waals surface area contributed by atoms with E-state index in [2.05, 4.69) is 25.9 Å². The number of rotatable bonds is 4. The summed E-state index contributed by atoms with van der Waals surface area (Å²) in [7, 11) is 3.19. The van der Waals surface area contributed by atoms with Gasteiger partial charge >= 0.3 is 0 Å². The van der Waals surface area contributed by atoms with E-state index in [-0.39, 0.29) is 0 Å². The summed E-state index contributed by atoms with van der Waals surface area (Å²) in [6.07, 6.45) is 0.771. The Balaban J connectivity index is 2.54. The van der Waals surface area contributed by atoms with Gasteiger partial charge in [0.05, 0.1) is 24.4 Å². The predicted molar refractivity (Wildman–Crippen MR) is 82.1 cm³/mol. The molecule has 0 atom stereocenters. The number of aromatic nitrogens is 2. The van der Waals surface area contributed by atoms with Crippen molar-refractivity contribution in [3.8, 4) is 22.9 Å². The molecule has 0 unspecified atom stereocenters. The van der Waals surface area contributed by atoms with Crippen molar-refractivity contribution in [2.75, 3.05) is 20.0 Å². The van der Waals surface area contributed by atoms with Crippen LogP contribution in [0.2, 0.25) is 0 Å². The van der Waals surface area contributed by atoms with Crippen LogP contribution < -0.4 is 15.2 Å². The number of hydrogen-bond acceptors (Lipinski definition) is 5. The van der Waals surface area contributed by atoms with Crippen molar-refractivity contribution in [1.29, 1.82) is 0 Å². The highest BCUT2D eigenvalue weighted by Gasteiger charge is 2.12. The highest BCUT2D eigenvalue weighted by Crippen LogP contribution is 2.32. The maximum atomic E-state index is 5.91. The van der Waals surface area contributed by atoms with E-state index in [0.717, 1.165) is 22.2 Å². The van der Waals surface area contributed by atoms with E-state index in [4.69, 9.17) is 15.2 Å². The summed E-state index contributed by atoms with van der Waals surface area (Å²) in [4.78, 5) is 8.82.